The molecule has 0 unspecified atom stereocenters. The molecule has 18 heavy (non-hydrogen) atoms. The van der Waals surface area contributed by atoms with E-state index in [0.29, 0.717) is 0 Å². The first-order chi connectivity index (χ1) is 8.42. The molecule has 0 N–H and O–H groups in total. The standard InChI is InChI=1S/C14H11N.C2H6.CH4/c1-2-15-13-9-5-3-7-11(13)12-8-4-6-10-14(12)15;1-2;/h2-10H,1H2;1-2H3;1H4. The monoisotopic (exact) mass is 239 g/mol. The van der Waals surface area contributed by atoms with Crippen LogP contribution in [-0.2, 0) is 0 Å². The fourth-order valence-corrected chi connectivity index (χ4v) is 2.15. The van der Waals surface area contributed by atoms with Crippen LogP contribution in [0.4, 0.5) is 0 Å². The predicted octanol–water partition coefficient (Wildman–Crippen LogP) is 5.56. The molecule has 0 amide bonds. The van der Waals surface area contributed by atoms with Crippen LogP contribution < -0.4 is 0 Å². The molecule has 1 heterocycles. The Hall–Kier alpha value is -2.02. The Bertz CT molecular complexity index is 594. The van der Waals surface area contributed by atoms with E-state index in [1.54, 1.807) is 0 Å². The molecule has 1 aromatic heterocycles. The lowest BCUT2D eigenvalue weighted by atomic mass is 10.2. The number of benzene rings is 2. The maximum Gasteiger partial charge on any atom is 0.0534 e. The highest BCUT2D eigenvalue weighted by molar-refractivity contribution is 6.09. The molecular formula is C17H21N. The first-order valence-corrected chi connectivity index (χ1v) is 6.02. The third-order valence-corrected chi connectivity index (χ3v) is 2.80. The highest BCUT2D eigenvalue weighted by Gasteiger charge is 2.06. The van der Waals surface area contributed by atoms with E-state index < -0.39 is 0 Å². The number of hydrogen-bond acceptors (Lipinski definition) is 0. The van der Waals surface area contributed by atoms with Crippen LogP contribution in [0.15, 0.2) is 55.1 Å². The molecule has 3 aromatic rings. The lowest BCUT2D eigenvalue weighted by Crippen LogP contribution is -1.82. The van der Waals surface area contributed by atoms with E-state index in [-0.39, 0.29) is 7.43 Å². The van der Waals surface area contributed by atoms with Gasteiger partial charge in [-0.1, -0.05) is 64.3 Å². The zero-order valence-electron chi connectivity index (χ0n) is 10.4. The second-order valence-corrected chi connectivity index (χ2v) is 3.59. The maximum atomic E-state index is 3.87. The Kier molecular flexibility index (Phi) is 4.73. The SMILES string of the molecule is C.C=Cn1c2ccccc2c2ccccc21.CC. The van der Waals surface area contributed by atoms with Crippen LogP contribution in [0, 0.1) is 0 Å². The van der Waals surface area contributed by atoms with Crippen molar-refractivity contribution in [1.29, 1.82) is 0 Å². The Morgan fingerprint density at radius 2 is 1.22 bits per heavy atom. The normalized spacial score (nSPS) is 9.44. The summed E-state index contributed by atoms with van der Waals surface area (Å²) in [6.07, 6.45) is 1.87. The van der Waals surface area contributed by atoms with Crippen LogP contribution >= 0.6 is 0 Å². The number of nitrogens with zero attached hydrogens (tertiary/aromatic N) is 1. The van der Waals surface area contributed by atoms with Crippen molar-refractivity contribution in [2.75, 3.05) is 0 Å². The fraction of sp³-hybridized carbons (Fsp3) is 0.176. The van der Waals surface area contributed by atoms with Gasteiger partial charge in [0.25, 0.3) is 0 Å². The van der Waals surface area contributed by atoms with E-state index in [9.17, 15) is 0 Å². The van der Waals surface area contributed by atoms with Crippen molar-refractivity contribution >= 4 is 28.0 Å². The molecule has 0 saturated heterocycles. The van der Waals surface area contributed by atoms with Crippen molar-refractivity contribution in [3.63, 3.8) is 0 Å². The number of aromatic nitrogens is 1. The Morgan fingerprint density at radius 1 is 0.833 bits per heavy atom. The Morgan fingerprint density at radius 3 is 1.61 bits per heavy atom. The molecule has 0 aliphatic rings. The van der Waals surface area contributed by atoms with Gasteiger partial charge in [-0.15, -0.1) is 0 Å². The molecule has 3 rings (SSSR count). The number of para-hydroxylation sites is 2. The fourth-order valence-electron chi connectivity index (χ4n) is 2.15. The van der Waals surface area contributed by atoms with Crippen LogP contribution in [0.5, 0.6) is 0 Å². The highest BCUT2D eigenvalue weighted by atomic mass is 14.9. The van der Waals surface area contributed by atoms with Crippen molar-refractivity contribution in [3.8, 4) is 0 Å². The number of hydrogen-bond donors (Lipinski definition) is 0. The largest absolute Gasteiger partial charge is 0.317 e. The van der Waals surface area contributed by atoms with E-state index in [2.05, 4.69) is 59.7 Å². The van der Waals surface area contributed by atoms with Crippen molar-refractivity contribution in [2.45, 2.75) is 21.3 Å². The van der Waals surface area contributed by atoms with Gasteiger partial charge >= 0.3 is 0 Å². The van der Waals surface area contributed by atoms with Crippen molar-refractivity contribution in [2.24, 2.45) is 0 Å². The van der Waals surface area contributed by atoms with Gasteiger partial charge < -0.3 is 4.57 Å². The Labute approximate surface area is 109 Å². The minimum Gasteiger partial charge on any atom is -0.317 e. The van der Waals surface area contributed by atoms with E-state index in [1.807, 2.05) is 20.0 Å². The van der Waals surface area contributed by atoms with Crippen LogP contribution in [0.1, 0.15) is 21.3 Å². The van der Waals surface area contributed by atoms with Crippen LogP contribution in [0.25, 0.3) is 28.0 Å². The molecule has 0 fully saturated rings. The van der Waals surface area contributed by atoms with Gasteiger partial charge in [0.1, 0.15) is 0 Å². The van der Waals surface area contributed by atoms with E-state index in [0.717, 1.165) is 0 Å². The lowest BCUT2D eigenvalue weighted by molar-refractivity contribution is 1.30. The van der Waals surface area contributed by atoms with Crippen molar-refractivity contribution in [1.82, 2.24) is 4.57 Å². The van der Waals surface area contributed by atoms with Gasteiger partial charge in [-0.05, 0) is 12.1 Å². The van der Waals surface area contributed by atoms with Crippen LogP contribution in [0.2, 0.25) is 0 Å². The van der Waals surface area contributed by atoms with E-state index in [4.69, 9.17) is 0 Å². The van der Waals surface area contributed by atoms with Gasteiger partial charge in [-0.2, -0.15) is 0 Å². The summed E-state index contributed by atoms with van der Waals surface area (Å²) in [4.78, 5) is 0. The minimum atomic E-state index is 0. The minimum absolute atomic E-state index is 0. The van der Waals surface area contributed by atoms with Crippen molar-refractivity contribution in [3.05, 3.63) is 55.1 Å². The summed E-state index contributed by atoms with van der Waals surface area (Å²) in [7, 11) is 0. The molecule has 0 radical (unpaired) electrons. The average Bonchev–Trinajstić information content (AvgIpc) is 2.75. The third kappa shape index (κ3) is 2.04. The second-order valence-electron chi connectivity index (χ2n) is 3.59. The van der Waals surface area contributed by atoms with E-state index in [1.165, 1.54) is 21.8 Å². The smallest absolute Gasteiger partial charge is 0.0534 e. The third-order valence-electron chi connectivity index (χ3n) is 2.80. The zero-order valence-corrected chi connectivity index (χ0v) is 10.4. The molecule has 0 atom stereocenters. The van der Waals surface area contributed by atoms with E-state index >= 15 is 0 Å². The van der Waals surface area contributed by atoms with Gasteiger partial charge in [0.15, 0.2) is 0 Å². The van der Waals surface area contributed by atoms with Gasteiger partial charge in [-0.3, -0.25) is 0 Å². The summed E-state index contributed by atoms with van der Waals surface area (Å²) >= 11 is 0. The second kappa shape index (κ2) is 6.06. The molecule has 0 aliphatic heterocycles. The molecule has 1 nitrogen and oxygen atoms in total. The molecular weight excluding hydrogens is 218 g/mol. The predicted molar refractivity (Wildman–Crippen MR) is 83.9 cm³/mol. The van der Waals surface area contributed by atoms with Crippen molar-refractivity contribution < 1.29 is 0 Å². The molecule has 1 heteroatoms. The lowest BCUT2D eigenvalue weighted by Gasteiger charge is -1.97. The van der Waals surface area contributed by atoms with Gasteiger partial charge in [0.2, 0.25) is 0 Å². The average molecular weight is 239 g/mol. The summed E-state index contributed by atoms with van der Waals surface area (Å²) in [6.45, 7) is 7.87. The molecule has 0 bridgehead atoms. The molecule has 0 aliphatic carbocycles. The molecule has 94 valence electrons. The zero-order chi connectivity index (χ0) is 12.3. The topological polar surface area (TPSA) is 4.93 Å². The number of rotatable bonds is 1. The first kappa shape index (κ1) is 14.0. The highest BCUT2D eigenvalue weighted by Crippen LogP contribution is 2.28. The van der Waals surface area contributed by atoms with Crippen LogP contribution in [-0.4, -0.2) is 4.57 Å². The summed E-state index contributed by atoms with van der Waals surface area (Å²) in [5, 5.41) is 2.57. The maximum absolute atomic E-state index is 3.87. The first-order valence-electron chi connectivity index (χ1n) is 6.02. The quantitative estimate of drug-likeness (QED) is 0.524. The molecule has 0 saturated carbocycles. The summed E-state index contributed by atoms with van der Waals surface area (Å²) in [5.74, 6) is 0. The number of fused-ring (bicyclic) bond motifs is 3. The molecule has 2 aromatic carbocycles. The molecule has 0 spiro atoms. The van der Waals surface area contributed by atoms with Gasteiger partial charge in [-0.25, -0.2) is 0 Å². The summed E-state index contributed by atoms with van der Waals surface area (Å²) in [6, 6.07) is 16.8. The van der Waals surface area contributed by atoms with Gasteiger partial charge in [0, 0.05) is 17.0 Å². The van der Waals surface area contributed by atoms with Gasteiger partial charge in [0.05, 0.1) is 11.0 Å². The Balaban J connectivity index is 0.000000516. The van der Waals surface area contributed by atoms with Crippen LogP contribution in [0.3, 0.4) is 0 Å². The summed E-state index contributed by atoms with van der Waals surface area (Å²) in [5.41, 5.74) is 2.43. The summed E-state index contributed by atoms with van der Waals surface area (Å²) < 4.78 is 2.13.